The first-order valence-electron chi connectivity index (χ1n) is 5.55. The van der Waals surface area contributed by atoms with E-state index in [1.807, 2.05) is 30.6 Å². The number of hydrogen-bond acceptors (Lipinski definition) is 3. The van der Waals surface area contributed by atoms with Crippen LogP contribution < -0.4 is 5.32 Å². The molecule has 0 heterocycles. The van der Waals surface area contributed by atoms with E-state index in [4.69, 9.17) is 5.26 Å². The molecule has 18 heavy (non-hydrogen) atoms. The summed E-state index contributed by atoms with van der Waals surface area (Å²) in [6, 6.07) is 14.4. The number of aliphatic imine (C=N–C) groups is 1. The Kier molecular flexibility index (Phi) is 4.21. The molecule has 0 spiro atoms. The summed E-state index contributed by atoms with van der Waals surface area (Å²) in [4.78, 5) is 4.40. The highest BCUT2D eigenvalue weighted by Gasteiger charge is 2.00. The Morgan fingerprint density at radius 2 is 2.06 bits per heavy atom. The van der Waals surface area contributed by atoms with Crippen molar-refractivity contribution in [3.8, 4) is 6.19 Å². The summed E-state index contributed by atoms with van der Waals surface area (Å²) in [5.41, 5.74) is 1.17. The molecule has 0 atom stereocenters. The van der Waals surface area contributed by atoms with E-state index >= 15 is 0 Å². The van der Waals surface area contributed by atoms with Crippen molar-refractivity contribution in [2.75, 3.05) is 6.26 Å². The molecule has 1 N–H and O–H groups in total. The Morgan fingerprint density at radius 3 is 2.83 bits per heavy atom. The van der Waals surface area contributed by atoms with Gasteiger partial charge in [-0.15, -0.1) is 0 Å². The van der Waals surface area contributed by atoms with Gasteiger partial charge in [-0.3, -0.25) is 10.3 Å². The summed E-state index contributed by atoms with van der Waals surface area (Å²) in [6.45, 7) is 0.576. The predicted molar refractivity (Wildman–Crippen MR) is 77.4 cm³/mol. The lowest BCUT2D eigenvalue weighted by molar-refractivity contribution is 1.07. The van der Waals surface area contributed by atoms with Crippen molar-refractivity contribution in [1.29, 1.82) is 5.26 Å². The Balaban J connectivity index is 2.30. The van der Waals surface area contributed by atoms with E-state index in [0.717, 1.165) is 0 Å². The molecular weight excluding hydrogens is 242 g/mol. The molecule has 0 aliphatic carbocycles. The van der Waals surface area contributed by atoms with Gasteiger partial charge in [-0.2, -0.15) is 5.26 Å². The third-order valence-electron chi connectivity index (χ3n) is 2.63. The van der Waals surface area contributed by atoms with Crippen LogP contribution in [0.15, 0.2) is 47.5 Å². The molecule has 0 aliphatic heterocycles. The summed E-state index contributed by atoms with van der Waals surface area (Å²) in [6.07, 6.45) is 3.79. The standard InChI is InChI=1S/C14H13N3S/c1-18-14(17-10-15)16-9-12-7-4-6-11-5-2-3-8-13(11)12/h2-8H,9H2,1H3,(H,16,17). The molecule has 0 saturated carbocycles. The van der Waals surface area contributed by atoms with E-state index in [2.05, 4.69) is 34.6 Å². The van der Waals surface area contributed by atoms with Gasteiger partial charge in [0.05, 0.1) is 6.54 Å². The van der Waals surface area contributed by atoms with Crippen LogP contribution >= 0.6 is 11.8 Å². The zero-order chi connectivity index (χ0) is 12.8. The topological polar surface area (TPSA) is 48.2 Å². The number of nitrogens with zero attached hydrogens (tertiary/aromatic N) is 2. The fourth-order valence-corrected chi connectivity index (χ4v) is 2.13. The zero-order valence-electron chi connectivity index (χ0n) is 10.1. The number of thioether (sulfide) groups is 1. The Morgan fingerprint density at radius 1 is 1.28 bits per heavy atom. The summed E-state index contributed by atoms with van der Waals surface area (Å²) in [5.74, 6) is 0. The highest BCUT2D eigenvalue weighted by molar-refractivity contribution is 8.13. The molecule has 0 amide bonds. The number of rotatable bonds is 2. The number of nitrogens with one attached hydrogen (secondary N) is 1. The fourth-order valence-electron chi connectivity index (χ4n) is 1.79. The van der Waals surface area contributed by atoms with Crippen LogP contribution in [0, 0.1) is 11.5 Å². The molecule has 90 valence electrons. The summed E-state index contributed by atoms with van der Waals surface area (Å²) >= 11 is 1.44. The van der Waals surface area contributed by atoms with Crippen molar-refractivity contribution < 1.29 is 0 Å². The van der Waals surface area contributed by atoms with Crippen molar-refractivity contribution in [1.82, 2.24) is 5.32 Å². The van der Waals surface area contributed by atoms with Crippen LogP contribution in [0.4, 0.5) is 0 Å². The minimum absolute atomic E-state index is 0.576. The van der Waals surface area contributed by atoms with Crippen molar-refractivity contribution in [3.63, 3.8) is 0 Å². The van der Waals surface area contributed by atoms with Gasteiger partial charge in [-0.25, -0.2) is 0 Å². The molecule has 2 aromatic carbocycles. The normalized spacial score (nSPS) is 11.2. The summed E-state index contributed by atoms with van der Waals surface area (Å²) in [7, 11) is 0. The van der Waals surface area contributed by atoms with E-state index < -0.39 is 0 Å². The number of amidine groups is 1. The molecule has 0 saturated heterocycles. The molecular formula is C14H13N3S. The van der Waals surface area contributed by atoms with Gasteiger partial charge < -0.3 is 0 Å². The lowest BCUT2D eigenvalue weighted by atomic mass is 10.1. The number of fused-ring (bicyclic) bond motifs is 1. The Labute approximate surface area is 111 Å². The smallest absolute Gasteiger partial charge is 0.183 e. The average Bonchev–Trinajstić information content (AvgIpc) is 2.43. The first kappa shape index (κ1) is 12.5. The molecule has 0 aliphatic rings. The second-order valence-electron chi connectivity index (χ2n) is 3.70. The van der Waals surface area contributed by atoms with Gasteiger partial charge in [0, 0.05) is 0 Å². The maximum atomic E-state index is 8.58. The van der Waals surface area contributed by atoms with E-state index in [1.165, 1.54) is 28.1 Å². The van der Waals surface area contributed by atoms with E-state index in [9.17, 15) is 0 Å². The molecule has 3 nitrogen and oxygen atoms in total. The molecule has 0 aromatic heterocycles. The highest BCUT2D eigenvalue weighted by atomic mass is 32.2. The van der Waals surface area contributed by atoms with Crippen molar-refractivity contribution >= 4 is 27.7 Å². The van der Waals surface area contributed by atoms with Crippen LogP contribution in [0.25, 0.3) is 10.8 Å². The third kappa shape index (κ3) is 2.82. The van der Waals surface area contributed by atoms with Crippen molar-refractivity contribution in [3.05, 3.63) is 48.0 Å². The average molecular weight is 255 g/mol. The van der Waals surface area contributed by atoms with Gasteiger partial charge >= 0.3 is 0 Å². The first-order chi connectivity index (χ1) is 8.85. The second kappa shape index (κ2) is 6.08. The molecule has 2 rings (SSSR count). The lowest BCUT2D eigenvalue weighted by Gasteiger charge is -2.04. The van der Waals surface area contributed by atoms with Gasteiger partial charge in [0.25, 0.3) is 0 Å². The monoisotopic (exact) mass is 255 g/mol. The van der Waals surface area contributed by atoms with Gasteiger partial charge in [0.15, 0.2) is 11.4 Å². The molecule has 0 fully saturated rings. The molecule has 0 unspecified atom stereocenters. The highest BCUT2D eigenvalue weighted by Crippen LogP contribution is 2.19. The van der Waals surface area contributed by atoms with Crippen LogP contribution in [-0.4, -0.2) is 11.4 Å². The van der Waals surface area contributed by atoms with Crippen molar-refractivity contribution in [2.45, 2.75) is 6.54 Å². The van der Waals surface area contributed by atoms with Crippen LogP contribution in [-0.2, 0) is 6.54 Å². The Bertz CT molecular complexity index is 608. The first-order valence-corrected chi connectivity index (χ1v) is 6.78. The largest absolute Gasteiger partial charge is 0.272 e. The van der Waals surface area contributed by atoms with Gasteiger partial charge in [0.1, 0.15) is 0 Å². The van der Waals surface area contributed by atoms with Gasteiger partial charge in [-0.1, -0.05) is 54.2 Å². The summed E-state index contributed by atoms with van der Waals surface area (Å²) < 4.78 is 0. The zero-order valence-corrected chi connectivity index (χ0v) is 10.9. The predicted octanol–water partition coefficient (Wildman–Crippen LogP) is 3.13. The molecule has 0 bridgehead atoms. The Hall–Kier alpha value is -1.99. The lowest BCUT2D eigenvalue weighted by Crippen LogP contribution is -2.13. The maximum absolute atomic E-state index is 8.58. The van der Waals surface area contributed by atoms with Crippen LogP contribution in [0.5, 0.6) is 0 Å². The van der Waals surface area contributed by atoms with Crippen molar-refractivity contribution in [2.24, 2.45) is 4.99 Å². The van der Waals surface area contributed by atoms with Crippen LogP contribution in [0.2, 0.25) is 0 Å². The van der Waals surface area contributed by atoms with E-state index in [-0.39, 0.29) is 0 Å². The second-order valence-corrected chi connectivity index (χ2v) is 4.50. The fraction of sp³-hybridized carbons (Fsp3) is 0.143. The van der Waals surface area contributed by atoms with Crippen LogP contribution in [0.1, 0.15) is 5.56 Å². The number of nitriles is 1. The van der Waals surface area contributed by atoms with E-state index in [0.29, 0.717) is 11.7 Å². The van der Waals surface area contributed by atoms with E-state index in [1.54, 1.807) is 0 Å². The molecule has 0 radical (unpaired) electrons. The third-order valence-corrected chi connectivity index (χ3v) is 3.25. The molecule has 4 heteroatoms. The van der Waals surface area contributed by atoms with Gasteiger partial charge in [-0.05, 0) is 22.6 Å². The van der Waals surface area contributed by atoms with Crippen LogP contribution in [0.3, 0.4) is 0 Å². The quantitative estimate of drug-likeness (QED) is 0.388. The minimum atomic E-state index is 0.576. The maximum Gasteiger partial charge on any atom is 0.183 e. The summed E-state index contributed by atoms with van der Waals surface area (Å²) in [5, 5.41) is 14.2. The minimum Gasteiger partial charge on any atom is -0.272 e. The number of benzene rings is 2. The number of hydrogen-bond donors (Lipinski definition) is 1. The molecule has 2 aromatic rings. The van der Waals surface area contributed by atoms with Gasteiger partial charge in [0.2, 0.25) is 0 Å². The SMILES string of the molecule is CSC(=NCc1cccc2ccccc12)NC#N.